The van der Waals surface area contributed by atoms with Crippen molar-refractivity contribution >= 4 is 11.8 Å². The molecule has 1 amide bonds. The maximum Gasteiger partial charge on any atom is 0.410 e. The van der Waals surface area contributed by atoms with E-state index in [4.69, 9.17) is 4.74 Å². The van der Waals surface area contributed by atoms with Gasteiger partial charge in [0.2, 0.25) is 0 Å². The number of benzene rings is 1. The average Bonchev–Trinajstić information content (AvgIpc) is 2.29. The highest BCUT2D eigenvalue weighted by atomic mass is 16.6. The summed E-state index contributed by atoms with van der Waals surface area (Å²) in [6.07, 6.45) is -0.455. The van der Waals surface area contributed by atoms with E-state index in [1.807, 2.05) is 0 Å². The number of rotatable bonds is 3. The molecule has 6 nitrogen and oxygen atoms in total. The lowest BCUT2D eigenvalue weighted by Gasteiger charge is -2.25. The zero-order chi connectivity index (χ0) is 15.5. The standard InChI is InChI=1S/C14H20N2O4/c1-10-11(7-6-8-12(10)16(18)19)9-15(5)13(17)20-14(2,3)4/h6-8H,9H2,1-5H3. The Hall–Kier alpha value is -2.11. The van der Waals surface area contributed by atoms with Crippen LogP contribution in [0.1, 0.15) is 31.9 Å². The molecule has 0 aliphatic rings. The summed E-state index contributed by atoms with van der Waals surface area (Å²) in [5, 5.41) is 10.9. The second-order valence-electron chi connectivity index (χ2n) is 5.65. The third-order valence-electron chi connectivity index (χ3n) is 2.73. The van der Waals surface area contributed by atoms with Crippen LogP contribution in [0.3, 0.4) is 0 Å². The molecule has 0 radical (unpaired) electrons. The van der Waals surface area contributed by atoms with E-state index < -0.39 is 16.6 Å². The van der Waals surface area contributed by atoms with Gasteiger partial charge < -0.3 is 9.64 Å². The Labute approximate surface area is 118 Å². The summed E-state index contributed by atoms with van der Waals surface area (Å²) in [6, 6.07) is 4.83. The van der Waals surface area contributed by atoms with Crippen molar-refractivity contribution < 1.29 is 14.5 Å². The Kier molecular flexibility index (Phi) is 4.70. The van der Waals surface area contributed by atoms with Gasteiger partial charge in [-0.1, -0.05) is 12.1 Å². The van der Waals surface area contributed by atoms with Crippen LogP contribution in [0.5, 0.6) is 0 Å². The van der Waals surface area contributed by atoms with Crippen LogP contribution in [0.25, 0.3) is 0 Å². The van der Waals surface area contributed by atoms with Crippen LogP contribution >= 0.6 is 0 Å². The molecule has 0 spiro atoms. The molecule has 0 saturated heterocycles. The number of nitrogens with zero attached hydrogens (tertiary/aromatic N) is 2. The molecule has 6 heteroatoms. The molecule has 0 aliphatic carbocycles. The summed E-state index contributed by atoms with van der Waals surface area (Å²) < 4.78 is 5.24. The van der Waals surface area contributed by atoms with E-state index in [1.54, 1.807) is 46.9 Å². The van der Waals surface area contributed by atoms with Crippen molar-refractivity contribution in [3.8, 4) is 0 Å². The van der Waals surface area contributed by atoms with Crippen LogP contribution in [-0.2, 0) is 11.3 Å². The molecule has 0 aliphatic heterocycles. The largest absolute Gasteiger partial charge is 0.444 e. The van der Waals surface area contributed by atoms with E-state index >= 15 is 0 Å². The van der Waals surface area contributed by atoms with Crippen molar-refractivity contribution in [2.45, 2.75) is 39.8 Å². The summed E-state index contributed by atoms with van der Waals surface area (Å²) in [5.74, 6) is 0. The van der Waals surface area contributed by atoms with Crippen molar-refractivity contribution in [3.63, 3.8) is 0 Å². The van der Waals surface area contributed by atoms with E-state index in [0.717, 1.165) is 5.56 Å². The number of ether oxygens (including phenoxy) is 1. The van der Waals surface area contributed by atoms with Gasteiger partial charge in [-0.2, -0.15) is 0 Å². The molecule has 0 heterocycles. The Morgan fingerprint density at radius 2 is 2.00 bits per heavy atom. The third kappa shape index (κ3) is 4.22. The lowest BCUT2D eigenvalue weighted by molar-refractivity contribution is -0.385. The molecule has 20 heavy (non-hydrogen) atoms. The van der Waals surface area contributed by atoms with Crippen molar-refractivity contribution in [1.82, 2.24) is 4.90 Å². The average molecular weight is 280 g/mol. The zero-order valence-electron chi connectivity index (χ0n) is 12.5. The minimum atomic E-state index is -0.566. The van der Waals surface area contributed by atoms with Gasteiger partial charge in [0.25, 0.3) is 5.69 Å². The number of carbonyl (C=O) groups excluding carboxylic acids is 1. The van der Waals surface area contributed by atoms with E-state index in [9.17, 15) is 14.9 Å². The lowest BCUT2D eigenvalue weighted by Crippen LogP contribution is -2.34. The summed E-state index contributed by atoms with van der Waals surface area (Å²) in [7, 11) is 1.60. The van der Waals surface area contributed by atoms with Crippen LogP contribution < -0.4 is 0 Å². The number of nitro benzene ring substituents is 1. The minimum absolute atomic E-state index is 0.0556. The zero-order valence-corrected chi connectivity index (χ0v) is 12.5. The first-order valence-corrected chi connectivity index (χ1v) is 6.29. The predicted octanol–water partition coefficient (Wildman–Crippen LogP) is 3.27. The molecule has 110 valence electrons. The Morgan fingerprint density at radius 3 is 2.50 bits per heavy atom. The SMILES string of the molecule is Cc1c(CN(C)C(=O)OC(C)(C)C)cccc1[N+](=O)[O-]. The molecule has 0 bridgehead atoms. The van der Waals surface area contributed by atoms with Gasteiger partial charge in [0.1, 0.15) is 5.60 Å². The highest BCUT2D eigenvalue weighted by molar-refractivity contribution is 5.68. The molecule has 0 saturated carbocycles. The third-order valence-corrected chi connectivity index (χ3v) is 2.73. The van der Waals surface area contributed by atoms with Crippen LogP contribution in [-0.4, -0.2) is 28.6 Å². The number of carbonyl (C=O) groups is 1. The van der Waals surface area contributed by atoms with Gasteiger partial charge in [-0.15, -0.1) is 0 Å². The molecule has 0 N–H and O–H groups in total. The summed E-state index contributed by atoms with van der Waals surface area (Å²) in [5.41, 5.74) is 0.781. The number of nitro groups is 1. The van der Waals surface area contributed by atoms with Gasteiger partial charge in [-0.3, -0.25) is 10.1 Å². The monoisotopic (exact) mass is 280 g/mol. The fourth-order valence-electron chi connectivity index (χ4n) is 1.70. The fraction of sp³-hybridized carbons (Fsp3) is 0.500. The first kappa shape index (κ1) is 15.9. The number of hydrogen-bond acceptors (Lipinski definition) is 4. The topological polar surface area (TPSA) is 72.7 Å². The molecule has 0 unspecified atom stereocenters. The van der Waals surface area contributed by atoms with Crippen LogP contribution in [0.15, 0.2) is 18.2 Å². The van der Waals surface area contributed by atoms with Crippen molar-refractivity contribution in [2.24, 2.45) is 0 Å². The Morgan fingerprint density at radius 1 is 1.40 bits per heavy atom. The predicted molar refractivity (Wildman–Crippen MR) is 75.5 cm³/mol. The highest BCUT2D eigenvalue weighted by Crippen LogP contribution is 2.22. The van der Waals surface area contributed by atoms with Gasteiger partial charge in [0.05, 0.1) is 4.92 Å². The summed E-state index contributed by atoms with van der Waals surface area (Å²) in [6.45, 7) is 7.31. The first-order valence-electron chi connectivity index (χ1n) is 6.29. The number of amides is 1. The number of hydrogen-bond donors (Lipinski definition) is 0. The highest BCUT2D eigenvalue weighted by Gasteiger charge is 2.21. The van der Waals surface area contributed by atoms with E-state index in [0.29, 0.717) is 5.56 Å². The quantitative estimate of drug-likeness (QED) is 0.629. The van der Waals surface area contributed by atoms with Gasteiger partial charge in [0, 0.05) is 25.2 Å². The van der Waals surface area contributed by atoms with Gasteiger partial charge in [-0.25, -0.2) is 4.79 Å². The van der Waals surface area contributed by atoms with Crippen LogP contribution in [0.4, 0.5) is 10.5 Å². The smallest absolute Gasteiger partial charge is 0.410 e. The van der Waals surface area contributed by atoms with E-state index in [2.05, 4.69) is 0 Å². The Balaban J connectivity index is 2.86. The summed E-state index contributed by atoms with van der Waals surface area (Å²) in [4.78, 5) is 23.7. The molecule has 1 aromatic carbocycles. The van der Waals surface area contributed by atoms with Crippen molar-refractivity contribution in [3.05, 3.63) is 39.4 Å². The van der Waals surface area contributed by atoms with E-state index in [-0.39, 0.29) is 12.2 Å². The molecular weight excluding hydrogens is 260 g/mol. The molecule has 0 atom stereocenters. The molecular formula is C14H20N2O4. The maximum atomic E-state index is 11.9. The van der Waals surface area contributed by atoms with Crippen molar-refractivity contribution in [2.75, 3.05) is 7.05 Å². The van der Waals surface area contributed by atoms with Gasteiger partial charge >= 0.3 is 6.09 Å². The minimum Gasteiger partial charge on any atom is -0.444 e. The maximum absolute atomic E-state index is 11.9. The van der Waals surface area contributed by atoms with Crippen molar-refractivity contribution in [1.29, 1.82) is 0 Å². The van der Waals surface area contributed by atoms with Gasteiger partial charge in [0.15, 0.2) is 0 Å². The second kappa shape index (κ2) is 5.90. The van der Waals surface area contributed by atoms with Crippen LogP contribution in [0.2, 0.25) is 0 Å². The molecule has 0 fully saturated rings. The lowest BCUT2D eigenvalue weighted by atomic mass is 10.1. The fourth-order valence-corrected chi connectivity index (χ4v) is 1.70. The molecule has 1 rings (SSSR count). The normalized spacial score (nSPS) is 11.1. The van der Waals surface area contributed by atoms with Gasteiger partial charge in [-0.05, 0) is 33.3 Å². The summed E-state index contributed by atoms with van der Waals surface area (Å²) >= 11 is 0. The molecule has 0 aromatic heterocycles. The van der Waals surface area contributed by atoms with E-state index in [1.165, 1.54) is 11.0 Å². The second-order valence-corrected chi connectivity index (χ2v) is 5.65. The molecule has 1 aromatic rings. The Bertz CT molecular complexity index is 520. The first-order chi connectivity index (χ1) is 9.11. The van der Waals surface area contributed by atoms with Crippen LogP contribution in [0, 0.1) is 17.0 Å².